The number of carbonyl (C=O) groups is 2. The number of furan rings is 1. The third-order valence-electron chi connectivity index (χ3n) is 6.09. The first kappa shape index (κ1) is 32.4. The van der Waals surface area contributed by atoms with E-state index in [9.17, 15) is 18.0 Å². The quantitative estimate of drug-likeness (QED) is 0.114. The van der Waals surface area contributed by atoms with Crippen LogP contribution in [-0.2, 0) is 26.2 Å². The first-order valence-electron chi connectivity index (χ1n) is 13.0. The highest BCUT2D eigenvalue weighted by Crippen LogP contribution is 2.36. The van der Waals surface area contributed by atoms with Crippen LogP contribution in [0.1, 0.15) is 16.9 Å². The maximum Gasteiger partial charge on any atom is 0.267 e. The summed E-state index contributed by atoms with van der Waals surface area (Å²) in [6.45, 7) is -0.194. The second-order valence-corrected chi connectivity index (χ2v) is 13.8. The van der Waals surface area contributed by atoms with Gasteiger partial charge in [0, 0.05) is 20.2 Å². The zero-order valence-corrected chi connectivity index (χ0v) is 27.9. The Morgan fingerprint density at radius 3 is 2.47 bits per heavy atom. The van der Waals surface area contributed by atoms with Crippen LogP contribution in [0.5, 0.6) is 5.75 Å². The summed E-state index contributed by atoms with van der Waals surface area (Å²) in [5, 5.41) is 16.7. The Labute approximate surface area is 279 Å². The molecule has 0 radical (unpaired) electrons. The van der Waals surface area contributed by atoms with Crippen molar-refractivity contribution in [3.05, 3.63) is 116 Å². The van der Waals surface area contributed by atoms with Gasteiger partial charge in [0.25, 0.3) is 11.8 Å². The van der Waals surface area contributed by atoms with Crippen molar-refractivity contribution in [1.29, 1.82) is 0 Å². The van der Waals surface area contributed by atoms with Crippen molar-refractivity contribution < 1.29 is 27.2 Å². The molecule has 0 bridgehead atoms. The molecule has 3 aromatic carbocycles. The molecule has 0 spiro atoms. The summed E-state index contributed by atoms with van der Waals surface area (Å²) in [6.07, 6.45) is 4.78. The van der Waals surface area contributed by atoms with Crippen molar-refractivity contribution >= 4 is 88.6 Å². The molecule has 1 saturated heterocycles. The molecular weight excluding hydrogens is 750 g/mol. The highest BCUT2D eigenvalue weighted by atomic mass is 79.9. The van der Waals surface area contributed by atoms with E-state index in [0.29, 0.717) is 32.8 Å². The van der Waals surface area contributed by atoms with Crippen LogP contribution in [-0.4, -0.2) is 43.1 Å². The smallest absolute Gasteiger partial charge is 0.267 e. The second-order valence-electron chi connectivity index (χ2n) is 9.35. The topological polar surface area (TPSA) is 157 Å². The van der Waals surface area contributed by atoms with E-state index in [4.69, 9.17) is 14.3 Å². The van der Waals surface area contributed by atoms with Gasteiger partial charge in [-0.2, -0.15) is 5.10 Å². The molecule has 230 valence electrons. The lowest BCUT2D eigenvalue weighted by molar-refractivity contribution is -0.122. The van der Waals surface area contributed by atoms with E-state index in [1.165, 1.54) is 35.4 Å². The molecule has 3 N–H and O–H groups in total. The van der Waals surface area contributed by atoms with Gasteiger partial charge in [0.15, 0.2) is 11.8 Å². The van der Waals surface area contributed by atoms with Gasteiger partial charge in [-0.25, -0.2) is 13.6 Å². The molecular formula is C30H23Br2N5O6S2. The Kier molecular flexibility index (Phi) is 10.4. The average molecular weight is 773 g/mol. The van der Waals surface area contributed by atoms with Crippen LogP contribution in [0.4, 0.5) is 5.69 Å². The van der Waals surface area contributed by atoms with Crippen molar-refractivity contribution in [2.75, 3.05) is 11.9 Å². The molecule has 4 aromatic rings. The minimum atomic E-state index is -3.85. The summed E-state index contributed by atoms with van der Waals surface area (Å²) >= 11 is 8.00. The van der Waals surface area contributed by atoms with Crippen LogP contribution in [0.25, 0.3) is 6.08 Å². The van der Waals surface area contributed by atoms with Crippen LogP contribution in [0.2, 0.25) is 0 Å². The van der Waals surface area contributed by atoms with Crippen LogP contribution >= 0.6 is 43.6 Å². The Hall–Kier alpha value is -4.02. The van der Waals surface area contributed by atoms with E-state index in [1.807, 2.05) is 24.3 Å². The predicted octanol–water partition coefficient (Wildman–Crippen LogP) is 5.98. The fraction of sp³-hybridized carbons (Fsp3) is 0.0667. The van der Waals surface area contributed by atoms with Gasteiger partial charge in [-0.15, -0.1) is 5.10 Å². The third kappa shape index (κ3) is 8.79. The molecule has 1 aliphatic heterocycles. The number of anilines is 1. The van der Waals surface area contributed by atoms with E-state index < -0.39 is 15.9 Å². The van der Waals surface area contributed by atoms with Crippen LogP contribution in [0.15, 0.2) is 118 Å². The lowest BCUT2D eigenvalue weighted by atomic mass is 10.2. The normalized spacial score (nSPS) is 15.4. The zero-order valence-electron chi connectivity index (χ0n) is 23.1. The van der Waals surface area contributed by atoms with Gasteiger partial charge >= 0.3 is 0 Å². The first-order valence-corrected chi connectivity index (χ1v) is 17.0. The Morgan fingerprint density at radius 1 is 1.04 bits per heavy atom. The monoisotopic (exact) mass is 771 g/mol. The van der Waals surface area contributed by atoms with E-state index in [1.54, 1.807) is 42.6 Å². The van der Waals surface area contributed by atoms with Crippen molar-refractivity contribution in [3.8, 4) is 5.75 Å². The molecule has 0 atom stereocenters. The number of halogens is 2. The summed E-state index contributed by atoms with van der Waals surface area (Å²) in [6, 6.07) is 21.7. The number of nitrogens with zero attached hydrogens (tertiary/aromatic N) is 3. The molecule has 5 rings (SSSR count). The minimum Gasteiger partial charge on any atom is -0.483 e. The van der Waals surface area contributed by atoms with Crippen molar-refractivity contribution in [1.82, 2.24) is 4.90 Å². The average Bonchev–Trinajstić information content (AvgIpc) is 3.62. The molecule has 11 nitrogen and oxygen atoms in total. The Morgan fingerprint density at radius 2 is 1.78 bits per heavy atom. The number of hydrogen-bond donors (Lipinski definition) is 2. The summed E-state index contributed by atoms with van der Waals surface area (Å²) in [7, 11) is -3.85. The van der Waals surface area contributed by atoms with E-state index in [0.717, 1.165) is 26.3 Å². The molecule has 45 heavy (non-hydrogen) atoms. The molecule has 0 aliphatic carbocycles. The number of amides is 2. The lowest BCUT2D eigenvalue weighted by Gasteiger charge is -2.13. The molecule has 0 saturated carbocycles. The standard InChI is InChI=1S/C30H23Br2N5O6S2/c31-21-5-3-19(4-6-21)16-34-36-30-37(17-24-2-1-13-42-24)29(39)27(44-30)15-20-14-22(32)7-12-26(20)43-18-28(38)35-23-8-10-25(11-9-23)45(33,40)41/h1-16H,17-18H2,(H,35,38)(H2,33,40,41)/b27-15-,34-16-,36-30+. The number of primary sulfonamides is 1. The molecule has 15 heteroatoms. The van der Waals surface area contributed by atoms with Gasteiger partial charge in [0.05, 0.1) is 28.8 Å². The van der Waals surface area contributed by atoms with Gasteiger partial charge < -0.3 is 14.5 Å². The summed E-state index contributed by atoms with van der Waals surface area (Å²) in [5.41, 5.74) is 1.75. The number of hydrogen-bond acceptors (Lipinski definition) is 9. The van der Waals surface area contributed by atoms with Crippen molar-refractivity contribution in [2.45, 2.75) is 11.4 Å². The fourth-order valence-corrected chi connectivity index (χ4v) is 6.03. The fourth-order valence-electron chi connectivity index (χ4n) is 3.95. The molecule has 1 aliphatic rings. The molecule has 2 amide bonds. The maximum atomic E-state index is 13.6. The Bertz CT molecular complexity index is 1910. The largest absolute Gasteiger partial charge is 0.483 e. The summed E-state index contributed by atoms with van der Waals surface area (Å²) in [5.74, 6) is 0.149. The van der Waals surface area contributed by atoms with Gasteiger partial charge in [0.1, 0.15) is 11.5 Å². The first-order chi connectivity index (χ1) is 21.5. The van der Waals surface area contributed by atoms with Gasteiger partial charge in [-0.3, -0.25) is 14.5 Å². The SMILES string of the molecule is NS(=O)(=O)c1ccc(NC(=O)COc2ccc(Br)cc2/C=C2\S/C(=N/N=C\c3ccc(Br)cc3)N(Cc3ccco3)C2=O)cc1. The van der Waals surface area contributed by atoms with E-state index in [2.05, 4.69) is 47.4 Å². The zero-order chi connectivity index (χ0) is 32.0. The van der Waals surface area contributed by atoms with Crippen molar-refractivity contribution in [3.63, 3.8) is 0 Å². The minimum absolute atomic E-state index is 0.0732. The Balaban J connectivity index is 1.34. The van der Waals surface area contributed by atoms with Gasteiger partial charge in [-0.05, 0) is 90.1 Å². The molecule has 2 heterocycles. The molecule has 0 unspecified atom stereocenters. The number of sulfonamides is 1. The van der Waals surface area contributed by atoms with E-state index >= 15 is 0 Å². The lowest BCUT2D eigenvalue weighted by Crippen LogP contribution is -2.28. The third-order valence-corrected chi connectivity index (χ3v) is 9.03. The number of nitrogens with one attached hydrogen (secondary N) is 1. The van der Waals surface area contributed by atoms with Crippen molar-refractivity contribution in [2.24, 2.45) is 15.3 Å². The predicted molar refractivity (Wildman–Crippen MR) is 180 cm³/mol. The maximum absolute atomic E-state index is 13.6. The van der Waals surface area contributed by atoms with Crippen LogP contribution in [0.3, 0.4) is 0 Å². The number of carbonyl (C=O) groups excluding carboxylic acids is 2. The number of rotatable bonds is 10. The summed E-state index contributed by atoms with van der Waals surface area (Å²) < 4.78 is 35.9. The highest BCUT2D eigenvalue weighted by Gasteiger charge is 2.34. The van der Waals surface area contributed by atoms with Crippen LogP contribution in [0, 0.1) is 0 Å². The number of nitrogens with two attached hydrogens (primary N) is 1. The van der Waals surface area contributed by atoms with Crippen LogP contribution < -0.4 is 15.2 Å². The molecule has 1 aromatic heterocycles. The number of ether oxygens (including phenoxy) is 1. The number of amidine groups is 1. The second kappa shape index (κ2) is 14.4. The van der Waals surface area contributed by atoms with Gasteiger partial charge in [0.2, 0.25) is 10.0 Å². The van der Waals surface area contributed by atoms with E-state index in [-0.39, 0.29) is 24.0 Å². The summed E-state index contributed by atoms with van der Waals surface area (Å²) in [4.78, 5) is 27.9. The number of thioether (sulfide) groups is 1. The molecule has 1 fully saturated rings. The highest BCUT2D eigenvalue weighted by molar-refractivity contribution is 9.10. The van der Waals surface area contributed by atoms with Gasteiger partial charge in [-0.1, -0.05) is 44.0 Å². The number of benzene rings is 3.